The van der Waals surface area contributed by atoms with Crippen molar-refractivity contribution in [1.29, 1.82) is 0 Å². The lowest BCUT2D eigenvalue weighted by Crippen LogP contribution is -2.40. The number of nitrogens with one attached hydrogen (secondary N) is 1. The second kappa shape index (κ2) is 16.5. The summed E-state index contributed by atoms with van der Waals surface area (Å²) in [6.45, 7) is 4.50. The number of aliphatic hydroxyl groups excluding tert-OH is 2. The standard InChI is InChI=1S/C36H43NO6/c38-22-33(39)26-41-24-28-7-9-32-20-29(8-10-31(32)19-28)25-43-36-21-37-16-15-35(36)30-11-13-34(14-12-30)42-18-4-17-40-23-27-5-2-1-3-6-27/h1-3,5-14,19-20,33,35-39H,4,15-18,21-26H2/t33-,35-,36+/m1/s1. The Bertz CT molecular complexity index is 1380. The zero-order valence-corrected chi connectivity index (χ0v) is 24.7. The molecule has 1 saturated heterocycles. The molecule has 5 rings (SSSR count). The third-order valence-electron chi connectivity index (χ3n) is 7.77. The van der Waals surface area contributed by atoms with Crippen LogP contribution in [0.15, 0.2) is 91.0 Å². The molecule has 0 aliphatic carbocycles. The summed E-state index contributed by atoms with van der Waals surface area (Å²) in [5.74, 6) is 1.21. The summed E-state index contributed by atoms with van der Waals surface area (Å²) < 4.78 is 23.7. The van der Waals surface area contributed by atoms with Gasteiger partial charge in [0.25, 0.3) is 0 Å². The summed E-state index contributed by atoms with van der Waals surface area (Å²) in [5.41, 5.74) is 4.64. The first-order chi connectivity index (χ1) is 21.2. The number of rotatable bonds is 16. The Morgan fingerprint density at radius 2 is 1.49 bits per heavy atom. The van der Waals surface area contributed by atoms with Crippen LogP contribution in [0.1, 0.15) is 41.0 Å². The van der Waals surface area contributed by atoms with Crippen molar-refractivity contribution in [3.05, 3.63) is 113 Å². The smallest absolute Gasteiger partial charge is 0.119 e. The quantitative estimate of drug-likeness (QED) is 0.153. The molecule has 0 bridgehead atoms. The monoisotopic (exact) mass is 585 g/mol. The molecule has 3 N–H and O–H groups in total. The molecule has 0 spiro atoms. The van der Waals surface area contributed by atoms with Gasteiger partial charge >= 0.3 is 0 Å². The van der Waals surface area contributed by atoms with Crippen LogP contribution in [0.3, 0.4) is 0 Å². The van der Waals surface area contributed by atoms with E-state index < -0.39 is 6.10 Å². The molecular weight excluding hydrogens is 542 g/mol. The molecule has 0 aromatic heterocycles. The van der Waals surface area contributed by atoms with E-state index in [1.54, 1.807) is 0 Å². The normalized spacial score (nSPS) is 17.6. The summed E-state index contributed by atoms with van der Waals surface area (Å²) in [5, 5.41) is 24.2. The molecule has 1 aliphatic heterocycles. The third-order valence-corrected chi connectivity index (χ3v) is 7.77. The van der Waals surface area contributed by atoms with Gasteiger partial charge in [-0.15, -0.1) is 0 Å². The van der Waals surface area contributed by atoms with Gasteiger partial charge in [-0.05, 0) is 70.3 Å². The van der Waals surface area contributed by atoms with Crippen LogP contribution in [0.4, 0.5) is 0 Å². The molecule has 7 nitrogen and oxygen atoms in total. The molecule has 1 heterocycles. The number of hydrogen-bond acceptors (Lipinski definition) is 7. The Morgan fingerprint density at radius 3 is 2.23 bits per heavy atom. The Hall–Kier alpha value is -3.30. The zero-order chi connectivity index (χ0) is 29.7. The van der Waals surface area contributed by atoms with Crippen molar-refractivity contribution in [2.24, 2.45) is 0 Å². The fourth-order valence-electron chi connectivity index (χ4n) is 5.41. The average Bonchev–Trinajstić information content (AvgIpc) is 3.06. The number of fused-ring (bicyclic) bond motifs is 1. The van der Waals surface area contributed by atoms with Crippen LogP contribution in [-0.4, -0.2) is 61.9 Å². The van der Waals surface area contributed by atoms with Crippen LogP contribution in [0, 0.1) is 0 Å². The first kappa shape index (κ1) is 31.1. The second-order valence-electron chi connectivity index (χ2n) is 11.1. The van der Waals surface area contributed by atoms with E-state index in [1.165, 1.54) is 11.1 Å². The van der Waals surface area contributed by atoms with E-state index >= 15 is 0 Å². The number of ether oxygens (including phenoxy) is 4. The second-order valence-corrected chi connectivity index (χ2v) is 11.1. The molecule has 228 valence electrons. The Morgan fingerprint density at radius 1 is 0.767 bits per heavy atom. The highest BCUT2D eigenvalue weighted by Crippen LogP contribution is 2.30. The van der Waals surface area contributed by atoms with Gasteiger partial charge in [0.2, 0.25) is 0 Å². The molecule has 3 atom stereocenters. The van der Waals surface area contributed by atoms with E-state index in [-0.39, 0.29) is 19.3 Å². The molecule has 0 radical (unpaired) electrons. The van der Waals surface area contributed by atoms with Crippen molar-refractivity contribution in [2.45, 2.75) is 50.8 Å². The Labute approximate surface area is 254 Å². The highest BCUT2D eigenvalue weighted by atomic mass is 16.5. The van der Waals surface area contributed by atoms with E-state index in [2.05, 4.69) is 72.0 Å². The predicted octanol–water partition coefficient (Wildman–Crippen LogP) is 5.36. The maximum absolute atomic E-state index is 9.45. The molecule has 0 saturated carbocycles. The van der Waals surface area contributed by atoms with E-state index in [0.29, 0.717) is 39.0 Å². The lowest BCUT2D eigenvalue weighted by molar-refractivity contribution is 0.0000498. The summed E-state index contributed by atoms with van der Waals surface area (Å²) in [6.07, 6.45) is 1.12. The molecule has 7 heteroatoms. The summed E-state index contributed by atoms with van der Waals surface area (Å²) in [6, 6.07) is 31.3. The number of piperidine rings is 1. The number of benzene rings is 4. The molecule has 4 aromatic carbocycles. The van der Waals surface area contributed by atoms with Crippen molar-refractivity contribution in [3.63, 3.8) is 0 Å². The third kappa shape index (κ3) is 9.60. The highest BCUT2D eigenvalue weighted by Gasteiger charge is 2.27. The molecule has 4 aromatic rings. The van der Waals surface area contributed by atoms with Crippen LogP contribution in [0.25, 0.3) is 10.8 Å². The molecular formula is C36H43NO6. The van der Waals surface area contributed by atoms with Crippen molar-refractivity contribution in [3.8, 4) is 5.75 Å². The van der Waals surface area contributed by atoms with Gasteiger partial charge in [0.15, 0.2) is 0 Å². The maximum Gasteiger partial charge on any atom is 0.119 e. The van der Waals surface area contributed by atoms with Crippen LogP contribution >= 0.6 is 0 Å². The molecule has 1 fully saturated rings. The minimum atomic E-state index is -0.845. The van der Waals surface area contributed by atoms with Gasteiger partial charge in [-0.1, -0.05) is 66.7 Å². The molecule has 0 unspecified atom stereocenters. The van der Waals surface area contributed by atoms with E-state index in [0.717, 1.165) is 53.6 Å². The van der Waals surface area contributed by atoms with Gasteiger partial charge in [0, 0.05) is 18.9 Å². The zero-order valence-electron chi connectivity index (χ0n) is 24.7. The van der Waals surface area contributed by atoms with Gasteiger partial charge in [0.05, 0.1) is 52.4 Å². The SMILES string of the molecule is OC[C@@H](O)COCc1ccc2cc(CO[C@H]3CNCC[C@@H]3c3ccc(OCCCOCc4ccccc4)cc3)ccc2c1. The van der Waals surface area contributed by atoms with Gasteiger partial charge in [-0.25, -0.2) is 0 Å². The van der Waals surface area contributed by atoms with Crippen molar-refractivity contribution >= 4 is 10.8 Å². The van der Waals surface area contributed by atoms with Gasteiger partial charge in [-0.3, -0.25) is 0 Å². The molecule has 0 amide bonds. The first-order valence-electron chi connectivity index (χ1n) is 15.2. The van der Waals surface area contributed by atoms with Crippen molar-refractivity contribution < 1.29 is 29.2 Å². The topological polar surface area (TPSA) is 89.4 Å². The number of aliphatic hydroxyl groups is 2. The highest BCUT2D eigenvalue weighted by molar-refractivity contribution is 5.83. The van der Waals surface area contributed by atoms with Gasteiger partial charge < -0.3 is 34.5 Å². The van der Waals surface area contributed by atoms with Crippen LogP contribution in [-0.2, 0) is 34.0 Å². The van der Waals surface area contributed by atoms with Crippen molar-refractivity contribution in [2.75, 3.05) is 39.5 Å². The van der Waals surface area contributed by atoms with E-state index in [4.69, 9.17) is 24.1 Å². The minimum absolute atomic E-state index is 0.0896. The van der Waals surface area contributed by atoms with Crippen LogP contribution in [0.5, 0.6) is 5.75 Å². The van der Waals surface area contributed by atoms with E-state index in [1.807, 2.05) is 24.3 Å². The maximum atomic E-state index is 9.45. The predicted molar refractivity (Wildman–Crippen MR) is 168 cm³/mol. The van der Waals surface area contributed by atoms with Gasteiger partial charge in [0.1, 0.15) is 11.9 Å². The molecule has 43 heavy (non-hydrogen) atoms. The number of hydrogen-bond donors (Lipinski definition) is 3. The fourth-order valence-corrected chi connectivity index (χ4v) is 5.41. The average molecular weight is 586 g/mol. The lowest BCUT2D eigenvalue weighted by Gasteiger charge is -2.32. The fraction of sp³-hybridized carbons (Fsp3) is 0.389. The van der Waals surface area contributed by atoms with Crippen LogP contribution in [0.2, 0.25) is 0 Å². The molecule has 1 aliphatic rings. The summed E-state index contributed by atoms with van der Waals surface area (Å²) >= 11 is 0. The summed E-state index contributed by atoms with van der Waals surface area (Å²) in [4.78, 5) is 0. The Balaban J connectivity index is 1.08. The van der Waals surface area contributed by atoms with Crippen molar-refractivity contribution in [1.82, 2.24) is 5.32 Å². The van der Waals surface area contributed by atoms with Crippen LogP contribution < -0.4 is 10.1 Å². The summed E-state index contributed by atoms with van der Waals surface area (Å²) in [7, 11) is 0. The minimum Gasteiger partial charge on any atom is -0.494 e. The van der Waals surface area contributed by atoms with E-state index in [9.17, 15) is 5.11 Å². The Kier molecular flexibility index (Phi) is 12.0. The lowest BCUT2D eigenvalue weighted by atomic mass is 9.87. The van der Waals surface area contributed by atoms with Gasteiger partial charge in [-0.2, -0.15) is 0 Å². The largest absolute Gasteiger partial charge is 0.494 e. The first-order valence-corrected chi connectivity index (χ1v) is 15.2.